The molecule has 0 aromatic carbocycles. The van der Waals surface area contributed by atoms with Gasteiger partial charge >= 0.3 is 0 Å². The second kappa shape index (κ2) is 4.02. The molecule has 0 aliphatic rings. The molecule has 3 aromatic rings. The third-order valence-electron chi connectivity index (χ3n) is 2.53. The number of pyridine rings is 1. The Kier molecular flexibility index (Phi) is 2.62. The Labute approximate surface area is 112 Å². The molecule has 0 aliphatic carbocycles. The summed E-state index contributed by atoms with van der Waals surface area (Å²) in [5, 5.41) is 0. The van der Waals surface area contributed by atoms with Gasteiger partial charge in [0.15, 0.2) is 0 Å². The van der Waals surface area contributed by atoms with Gasteiger partial charge in [-0.3, -0.25) is 0 Å². The van der Waals surface area contributed by atoms with Gasteiger partial charge in [-0.2, -0.15) is 0 Å². The lowest BCUT2D eigenvalue weighted by atomic mass is 10.3. The summed E-state index contributed by atoms with van der Waals surface area (Å²) in [7, 11) is 0. The maximum Gasteiger partial charge on any atom is 0.137 e. The van der Waals surface area contributed by atoms with Gasteiger partial charge in [-0.05, 0) is 24.6 Å². The van der Waals surface area contributed by atoms with Crippen LogP contribution in [0.2, 0.25) is 8.67 Å². The number of thiophene rings is 1. The van der Waals surface area contributed by atoms with E-state index in [1.165, 1.54) is 16.9 Å². The van der Waals surface area contributed by atoms with Gasteiger partial charge in [0.1, 0.15) is 9.98 Å². The summed E-state index contributed by atoms with van der Waals surface area (Å²) in [6.45, 7) is 2.05. The third-order valence-corrected chi connectivity index (χ3v) is 4.02. The van der Waals surface area contributed by atoms with E-state index in [4.69, 9.17) is 23.2 Å². The molecule has 0 saturated heterocycles. The lowest BCUT2D eigenvalue weighted by molar-refractivity contribution is 1.16. The molecule has 17 heavy (non-hydrogen) atoms. The zero-order valence-electron chi connectivity index (χ0n) is 8.95. The summed E-state index contributed by atoms with van der Waals surface area (Å²) in [5.41, 5.74) is 3.84. The van der Waals surface area contributed by atoms with Gasteiger partial charge in [0, 0.05) is 18.0 Å². The third kappa shape index (κ3) is 1.95. The van der Waals surface area contributed by atoms with Crippen LogP contribution in [0.1, 0.15) is 5.56 Å². The Morgan fingerprint density at radius 3 is 2.76 bits per heavy atom. The number of fused-ring (bicyclic) bond motifs is 1. The van der Waals surface area contributed by atoms with Gasteiger partial charge in [0.05, 0.1) is 10.0 Å². The van der Waals surface area contributed by atoms with Crippen molar-refractivity contribution in [1.29, 1.82) is 0 Å². The lowest BCUT2D eigenvalue weighted by Gasteiger charge is -1.93. The van der Waals surface area contributed by atoms with Crippen molar-refractivity contribution in [2.24, 2.45) is 0 Å². The van der Waals surface area contributed by atoms with Crippen LogP contribution >= 0.6 is 34.5 Å². The van der Waals surface area contributed by atoms with Crippen LogP contribution in [-0.2, 0) is 0 Å². The molecule has 2 nitrogen and oxygen atoms in total. The van der Waals surface area contributed by atoms with Crippen molar-refractivity contribution in [3.8, 4) is 11.3 Å². The molecule has 5 heteroatoms. The Morgan fingerprint density at radius 2 is 2.06 bits per heavy atom. The average Bonchev–Trinajstić information content (AvgIpc) is 2.80. The van der Waals surface area contributed by atoms with Crippen LogP contribution in [0, 0.1) is 6.92 Å². The molecule has 0 fully saturated rings. The fourth-order valence-corrected chi connectivity index (χ4v) is 3.23. The maximum atomic E-state index is 6.12. The Bertz CT molecular complexity index is 700. The first kappa shape index (κ1) is 11.1. The molecular weight excluding hydrogens is 275 g/mol. The molecule has 3 rings (SSSR count). The summed E-state index contributed by atoms with van der Waals surface area (Å²) in [6.07, 6.45) is 4.00. The second-order valence-corrected chi connectivity index (χ2v) is 6.12. The summed E-state index contributed by atoms with van der Waals surface area (Å²) >= 11 is 13.4. The molecule has 0 saturated carbocycles. The summed E-state index contributed by atoms with van der Waals surface area (Å²) in [6, 6.07) is 5.87. The molecule has 0 radical (unpaired) electrons. The van der Waals surface area contributed by atoms with Crippen molar-refractivity contribution in [3.63, 3.8) is 0 Å². The number of aromatic nitrogens is 2. The molecule has 0 spiro atoms. The minimum absolute atomic E-state index is 0.676. The van der Waals surface area contributed by atoms with Crippen LogP contribution in [0.25, 0.3) is 16.9 Å². The van der Waals surface area contributed by atoms with Crippen LogP contribution < -0.4 is 0 Å². The van der Waals surface area contributed by atoms with Crippen LogP contribution in [-0.4, -0.2) is 9.38 Å². The van der Waals surface area contributed by atoms with Gasteiger partial charge in [0.2, 0.25) is 0 Å². The van der Waals surface area contributed by atoms with Crippen LogP contribution in [0.3, 0.4) is 0 Å². The van der Waals surface area contributed by atoms with E-state index in [1.807, 2.05) is 41.9 Å². The van der Waals surface area contributed by atoms with Crippen molar-refractivity contribution in [1.82, 2.24) is 9.38 Å². The van der Waals surface area contributed by atoms with E-state index in [9.17, 15) is 0 Å². The first-order valence-electron chi connectivity index (χ1n) is 5.04. The van der Waals surface area contributed by atoms with E-state index >= 15 is 0 Å². The quantitative estimate of drug-likeness (QED) is 0.634. The Morgan fingerprint density at radius 1 is 1.24 bits per heavy atom. The summed E-state index contributed by atoms with van der Waals surface area (Å²) in [4.78, 5) is 4.52. The fourth-order valence-electron chi connectivity index (χ4n) is 1.75. The molecule has 0 N–H and O–H groups in total. The normalized spacial score (nSPS) is 11.2. The van der Waals surface area contributed by atoms with Crippen molar-refractivity contribution < 1.29 is 0 Å². The number of hydrogen-bond donors (Lipinski definition) is 0. The van der Waals surface area contributed by atoms with Crippen molar-refractivity contribution in [2.75, 3.05) is 0 Å². The zero-order valence-corrected chi connectivity index (χ0v) is 11.3. The highest BCUT2D eigenvalue weighted by molar-refractivity contribution is 7.20. The highest BCUT2D eigenvalue weighted by Crippen LogP contribution is 2.37. The first-order valence-corrected chi connectivity index (χ1v) is 6.61. The topological polar surface area (TPSA) is 17.3 Å². The minimum atomic E-state index is 0.676. The van der Waals surface area contributed by atoms with Crippen molar-refractivity contribution in [2.45, 2.75) is 6.92 Å². The lowest BCUT2D eigenvalue weighted by Crippen LogP contribution is -1.82. The minimum Gasteiger partial charge on any atom is -0.306 e. The van der Waals surface area contributed by atoms with Gasteiger partial charge in [-0.1, -0.05) is 29.3 Å². The summed E-state index contributed by atoms with van der Waals surface area (Å²) in [5.74, 6) is 0. The van der Waals surface area contributed by atoms with E-state index in [0.717, 1.165) is 16.9 Å². The Balaban J connectivity index is 2.21. The highest BCUT2D eigenvalue weighted by atomic mass is 35.5. The molecule has 0 atom stereocenters. The summed E-state index contributed by atoms with van der Waals surface area (Å²) < 4.78 is 3.35. The monoisotopic (exact) mass is 282 g/mol. The number of imidazole rings is 1. The molecular formula is C12H8Cl2N2S. The van der Waals surface area contributed by atoms with Crippen molar-refractivity contribution >= 4 is 40.2 Å². The predicted molar refractivity (Wildman–Crippen MR) is 73.3 cm³/mol. The molecule has 3 aromatic heterocycles. The second-order valence-electron chi connectivity index (χ2n) is 3.84. The maximum absolute atomic E-state index is 6.12. The molecule has 0 amide bonds. The zero-order chi connectivity index (χ0) is 12.0. The molecule has 0 unspecified atom stereocenters. The standard InChI is InChI=1S/C12H8Cl2N2S/c1-7-2-3-11-15-9(6-16(11)5-7)8-4-10(13)17-12(8)14/h2-6H,1H3. The molecule has 86 valence electrons. The van der Waals surface area contributed by atoms with E-state index in [-0.39, 0.29) is 0 Å². The van der Waals surface area contributed by atoms with E-state index in [1.54, 1.807) is 0 Å². The van der Waals surface area contributed by atoms with Gasteiger partial charge in [-0.25, -0.2) is 4.98 Å². The van der Waals surface area contributed by atoms with E-state index in [0.29, 0.717) is 8.67 Å². The molecule has 0 bridgehead atoms. The SMILES string of the molecule is Cc1ccc2nc(-c3cc(Cl)sc3Cl)cn2c1. The number of hydrogen-bond acceptors (Lipinski definition) is 2. The largest absolute Gasteiger partial charge is 0.306 e. The smallest absolute Gasteiger partial charge is 0.137 e. The molecule has 0 aliphatic heterocycles. The van der Waals surface area contributed by atoms with Crippen LogP contribution in [0.4, 0.5) is 0 Å². The van der Waals surface area contributed by atoms with E-state index < -0.39 is 0 Å². The Hall–Kier alpha value is -1.03. The van der Waals surface area contributed by atoms with Gasteiger partial charge in [0.25, 0.3) is 0 Å². The van der Waals surface area contributed by atoms with Crippen molar-refractivity contribution in [3.05, 3.63) is 44.8 Å². The van der Waals surface area contributed by atoms with Crippen LogP contribution in [0.5, 0.6) is 0 Å². The number of aryl methyl sites for hydroxylation is 1. The van der Waals surface area contributed by atoms with E-state index in [2.05, 4.69) is 4.98 Å². The first-order chi connectivity index (χ1) is 8.13. The average molecular weight is 283 g/mol. The van der Waals surface area contributed by atoms with Crippen LogP contribution in [0.15, 0.2) is 30.6 Å². The number of rotatable bonds is 1. The van der Waals surface area contributed by atoms with Gasteiger partial charge in [-0.15, -0.1) is 11.3 Å². The predicted octanol–water partition coefficient (Wildman–Crippen LogP) is 4.68. The number of halogens is 2. The van der Waals surface area contributed by atoms with Gasteiger partial charge < -0.3 is 4.40 Å². The number of nitrogens with zero attached hydrogens (tertiary/aromatic N) is 2. The molecule has 3 heterocycles. The highest BCUT2D eigenvalue weighted by Gasteiger charge is 2.11. The fraction of sp³-hybridized carbons (Fsp3) is 0.0833.